The van der Waals surface area contributed by atoms with Gasteiger partial charge in [0.25, 0.3) is 0 Å². The Bertz CT molecular complexity index is 1050. The number of allylic oxidation sites excluding steroid dienone is 1. The number of halogens is 1. The number of amides is 1. The van der Waals surface area contributed by atoms with Crippen molar-refractivity contribution in [2.45, 2.75) is 38.2 Å². The second kappa shape index (κ2) is 8.66. The van der Waals surface area contributed by atoms with E-state index >= 15 is 0 Å². The molecule has 2 aromatic carbocycles. The van der Waals surface area contributed by atoms with Crippen LogP contribution in [0.4, 0.5) is 0 Å². The van der Waals surface area contributed by atoms with Gasteiger partial charge in [0.1, 0.15) is 6.61 Å². The summed E-state index contributed by atoms with van der Waals surface area (Å²) in [5.74, 6) is -0.533. The highest BCUT2D eigenvalue weighted by atomic mass is 35.5. The summed E-state index contributed by atoms with van der Waals surface area (Å²) in [5, 5.41) is 0.949. The van der Waals surface area contributed by atoms with E-state index in [0.717, 1.165) is 11.1 Å². The van der Waals surface area contributed by atoms with Crippen molar-refractivity contribution in [2.75, 3.05) is 0 Å². The molecule has 0 aromatic heterocycles. The van der Waals surface area contributed by atoms with E-state index in [0.29, 0.717) is 27.9 Å². The first-order valence-electron chi connectivity index (χ1n) is 9.75. The lowest BCUT2D eigenvalue weighted by Gasteiger charge is -2.33. The zero-order chi connectivity index (χ0) is 21.3. The molecule has 0 spiro atoms. The Balaban J connectivity index is 1.72. The molecule has 2 heterocycles. The molecule has 2 aromatic rings. The lowest BCUT2D eigenvalue weighted by Crippen LogP contribution is -2.40. The molecular weight excluding hydrogens is 420 g/mol. The molecule has 0 aliphatic carbocycles. The van der Waals surface area contributed by atoms with Gasteiger partial charge < -0.3 is 4.74 Å². The van der Waals surface area contributed by atoms with Crippen molar-refractivity contribution in [1.82, 2.24) is 4.90 Å². The molecule has 0 N–H and O–H groups in total. The third-order valence-corrected chi connectivity index (χ3v) is 6.67. The molecule has 0 radical (unpaired) electrons. The summed E-state index contributed by atoms with van der Waals surface area (Å²) in [7, 11) is 0. The number of benzene rings is 2. The van der Waals surface area contributed by atoms with Gasteiger partial charge in [-0.15, -0.1) is 0 Å². The fourth-order valence-electron chi connectivity index (χ4n) is 3.64. The number of fused-ring (bicyclic) bond motifs is 1. The summed E-state index contributed by atoms with van der Waals surface area (Å²) in [5.41, 5.74) is 2.57. The maximum Gasteiger partial charge on any atom is 0.338 e. The van der Waals surface area contributed by atoms with Gasteiger partial charge in [-0.05, 0) is 36.6 Å². The molecule has 1 amide bonds. The van der Waals surface area contributed by atoms with Gasteiger partial charge in [-0.1, -0.05) is 72.8 Å². The Morgan fingerprint density at radius 3 is 2.67 bits per heavy atom. The van der Waals surface area contributed by atoms with Crippen molar-refractivity contribution >= 4 is 40.4 Å². The highest BCUT2D eigenvalue weighted by Crippen LogP contribution is 2.44. The monoisotopic (exact) mass is 440 g/mol. The second-order valence-corrected chi connectivity index (χ2v) is 8.74. The first kappa shape index (κ1) is 20.7. The SMILES string of the molecule is CCC1SC2=NC(C)=C(C(=O)OCc3ccccc3)C(c3cccc(Cl)c3)N2C1=O. The minimum atomic E-state index is -0.615. The number of ether oxygens (including phenoxy) is 1. The fraction of sp³-hybridized carbons (Fsp3) is 0.261. The molecule has 0 saturated carbocycles. The number of esters is 1. The molecule has 154 valence electrons. The van der Waals surface area contributed by atoms with Crippen LogP contribution in [0, 0.1) is 0 Å². The molecule has 2 aliphatic heterocycles. The molecule has 2 aliphatic rings. The predicted octanol–water partition coefficient (Wildman–Crippen LogP) is 5.12. The topological polar surface area (TPSA) is 59.0 Å². The van der Waals surface area contributed by atoms with Gasteiger partial charge in [-0.3, -0.25) is 9.69 Å². The van der Waals surface area contributed by atoms with Gasteiger partial charge in [-0.2, -0.15) is 0 Å². The Kier molecular flexibility index (Phi) is 5.97. The number of aliphatic imine (C=N–C) groups is 1. The minimum Gasteiger partial charge on any atom is -0.457 e. The minimum absolute atomic E-state index is 0.0490. The van der Waals surface area contributed by atoms with E-state index in [2.05, 4.69) is 4.99 Å². The van der Waals surface area contributed by atoms with E-state index in [9.17, 15) is 9.59 Å². The van der Waals surface area contributed by atoms with E-state index in [-0.39, 0.29) is 17.8 Å². The van der Waals surface area contributed by atoms with Crippen molar-refractivity contribution in [1.29, 1.82) is 0 Å². The van der Waals surface area contributed by atoms with Crippen molar-refractivity contribution in [3.8, 4) is 0 Å². The van der Waals surface area contributed by atoms with Crippen molar-refractivity contribution in [2.24, 2.45) is 4.99 Å². The first-order chi connectivity index (χ1) is 14.5. The largest absolute Gasteiger partial charge is 0.457 e. The number of hydrogen-bond donors (Lipinski definition) is 0. The number of carbonyl (C=O) groups is 2. The lowest BCUT2D eigenvalue weighted by molar-refractivity contribution is -0.141. The number of nitrogens with zero attached hydrogens (tertiary/aromatic N) is 2. The zero-order valence-corrected chi connectivity index (χ0v) is 18.2. The molecule has 2 unspecified atom stereocenters. The van der Waals surface area contributed by atoms with E-state index in [1.165, 1.54) is 11.8 Å². The predicted molar refractivity (Wildman–Crippen MR) is 119 cm³/mol. The Morgan fingerprint density at radius 2 is 1.97 bits per heavy atom. The van der Waals surface area contributed by atoms with Crippen LogP contribution in [0.25, 0.3) is 0 Å². The Labute approximate surface area is 184 Å². The fourth-order valence-corrected chi connectivity index (χ4v) is 4.98. The molecule has 0 bridgehead atoms. The van der Waals surface area contributed by atoms with Crippen molar-refractivity contribution in [3.05, 3.63) is 82.0 Å². The maximum absolute atomic E-state index is 13.2. The quantitative estimate of drug-likeness (QED) is 0.605. The molecule has 2 atom stereocenters. The van der Waals surface area contributed by atoms with E-state index < -0.39 is 12.0 Å². The average Bonchev–Trinajstić information content (AvgIpc) is 3.06. The molecule has 7 heteroatoms. The Morgan fingerprint density at radius 1 is 1.20 bits per heavy atom. The van der Waals surface area contributed by atoms with Crippen LogP contribution >= 0.6 is 23.4 Å². The summed E-state index contributed by atoms with van der Waals surface area (Å²) in [6.07, 6.45) is 0.689. The van der Waals surface area contributed by atoms with Gasteiger partial charge >= 0.3 is 5.97 Å². The first-order valence-corrected chi connectivity index (χ1v) is 11.0. The lowest BCUT2D eigenvalue weighted by atomic mass is 9.94. The molecular formula is C23H21ClN2O3S. The Hall–Kier alpha value is -2.57. The van der Waals surface area contributed by atoms with Gasteiger partial charge in [0.2, 0.25) is 5.91 Å². The summed E-state index contributed by atoms with van der Waals surface area (Å²) in [4.78, 5) is 32.5. The van der Waals surface area contributed by atoms with Crippen molar-refractivity contribution < 1.29 is 14.3 Å². The van der Waals surface area contributed by atoms with Crippen LogP contribution in [-0.2, 0) is 20.9 Å². The van der Waals surface area contributed by atoms with Crippen LogP contribution in [0.5, 0.6) is 0 Å². The second-order valence-electron chi connectivity index (χ2n) is 7.14. The van der Waals surface area contributed by atoms with Gasteiger partial charge in [0, 0.05) is 5.02 Å². The van der Waals surface area contributed by atoms with Gasteiger partial charge in [-0.25, -0.2) is 9.79 Å². The third-order valence-electron chi connectivity index (χ3n) is 5.12. The average molecular weight is 441 g/mol. The molecule has 4 rings (SSSR count). The van der Waals surface area contributed by atoms with E-state index in [1.807, 2.05) is 49.4 Å². The van der Waals surface area contributed by atoms with E-state index in [1.54, 1.807) is 24.0 Å². The van der Waals surface area contributed by atoms with Crippen LogP contribution < -0.4 is 0 Å². The van der Waals surface area contributed by atoms with Crippen LogP contribution in [0.2, 0.25) is 5.02 Å². The summed E-state index contributed by atoms with van der Waals surface area (Å²) in [6, 6.07) is 16.1. The molecule has 1 saturated heterocycles. The zero-order valence-electron chi connectivity index (χ0n) is 16.7. The highest BCUT2D eigenvalue weighted by Gasteiger charge is 2.47. The van der Waals surface area contributed by atoms with Crippen molar-refractivity contribution in [3.63, 3.8) is 0 Å². The smallest absolute Gasteiger partial charge is 0.338 e. The standard InChI is InChI=1S/C23H21ClN2O3S/c1-3-18-21(27)26-20(16-10-7-11-17(24)12-16)19(14(2)25-23(26)30-18)22(28)29-13-15-8-5-4-6-9-15/h4-12,18,20H,3,13H2,1-2H3. The van der Waals surface area contributed by atoms with Crippen LogP contribution in [-0.4, -0.2) is 27.2 Å². The summed E-state index contributed by atoms with van der Waals surface area (Å²) < 4.78 is 5.61. The maximum atomic E-state index is 13.2. The molecule has 5 nitrogen and oxygen atoms in total. The number of hydrogen-bond acceptors (Lipinski definition) is 5. The van der Waals surface area contributed by atoms with Gasteiger partial charge in [0.15, 0.2) is 5.17 Å². The normalized spacial score (nSPS) is 20.8. The van der Waals surface area contributed by atoms with Crippen LogP contribution in [0.3, 0.4) is 0 Å². The summed E-state index contributed by atoms with van der Waals surface area (Å²) in [6.45, 7) is 3.90. The van der Waals surface area contributed by atoms with Gasteiger partial charge in [0.05, 0.1) is 22.6 Å². The highest BCUT2D eigenvalue weighted by molar-refractivity contribution is 8.15. The number of rotatable bonds is 5. The van der Waals surface area contributed by atoms with Crippen LogP contribution in [0.15, 0.2) is 70.9 Å². The summed E-state index contributed by atoms with van der Waals surface area (Å²) >= 11 is 7.67. The third kappa shape index (κ3) is 3.89. The number of amidine groups is 1. The number of carbonyl (C=O) groups excluding carboxylic acids is 2. The number of thioether (sulfide) groups is 1. The van der Waals surface area contributed by atoms with Crippen LogP contribution in [0.1, 0.15) is 37.4 Å². The molecule has 1 fully saturated rings. The van der Waals surface area contributed by atoms with E-state index in [4.69, 9.17) is 16.3 Å². The molecule has 30 heavy (non-hydrogen) atoms.